The molecule has 0 fully saturated rings. The second-order valence-corrected chi connectivity index (χ2v) is 3.61. The third-order valence-electron chi connectivity index (χ3n) is 1.86. The topological polar surface area (TPSA) is 156 Å². The Kier molecular flexibility index (Phi) is 12.1. The van der Waals surface area contributed by atoms with Crippen LogP contribution in [-0.2, 0) is 9.59 Å². The highest BCUT2D eigenvalue weighted by Gasteiger charge is 2.29. The van der Waals surface area contributed by atoms with Crippen LogP contribution in [0.4, 0.5) is 0 Å². The summed E-state index contributed by atoms with van der Waals surface area (Å²) in [7, 11) is 0. The molecule has 0 saturated heterocycles. The van der Waals surface area contributed by atoms with Crippen molar-refractivity contribution in [2.45, 2.75) is 43.9 Å². The lowest BCUT2D eigenvalue weighted by Crippen LogP contribution is -2.46. The van der Waals surface area contributed by atoms with E-state index in [4.69, 9.17) is 30.6 Å². The van der Waals surface area contributed by atoms with Crippen LogP contribution in [0.5, 0.6) is 0 Å². The third-order valence-corrected chi connectivity index (χ3v) is 1.86. The maximum Gasteiger partial charge on any atom is 0.151 e. The average molecular weight is 268 g/mol. The Balaban J connectivity index is 0. The van der Waals surface area contributed by atoms with Crippen molar-refractivity contribution in [3.05, 3.63) is 0 Å². The van der Waals surface area contributed by atoms with Crippen molar-refractivity contribution in [1.29, 1.82) is 0 Å². The standard InChI is InChI=1S/C6H12O6.C4H8O2/c7-1-3(9)5(11)6(12)4(10)2-8;1-4(6)2-3-5/h1,3-6,8-12H,2H2;3-4,6H,2H2,1H3. The van der Waals surface area contributed by atoms with E-state index in [0.717, 1.165) is 0 Å². The summed E-state index contributed by atoms with van der Waals surface area (Å²) in [6, 6.07) is 0. The summed E-state index contributed by atoms with van der Waals surface area (Å²) in [4.78, 5) is 19.4. The van der Waals surface area contributed by atoms with Crippen LogP contribution in [-0.4, -0.2) is 80.3 Å². The van der Waals surface area contributed by atoms with E-state index in [1.807, 2.05) is 0 Å². The summed E-state index contributed by atoms with van der Waals surface area (Å²) in [6.45, 7) is 0.818. The normalized spacial score (nSPS) is 18.6. The van der Waals surface area contributed by atoms with Gasteiger partial charge in [0.1, 0.15) is 30.7 Å². The first-order valence-electron chi connectivity index (χ1n) is 5.21. The summed E-state index contributed by atoms with van der Waals surface area (Å²) >= 11 is 0. The summed E-state index contributed by atoms with van der Waals surface area (Å²) in [6.07, 6.45) is -6.36. The molecule has 6 N–H and O–H groups in total. The molecular formula is C10H20O8. The Morgan fingerprint density at radius 3 is 1.72 bits per heavy atom. The van der Waals surface area contributed by atoms with Gasteiger partial charge in [-0.05, 0) is 6.92 Å². The fourth-order valence-corrected chi connectivity index (χ4v) is 0.757. The van der Waals surface area contributed by atoms with E-state index >= 15 is 0 Å². The number of hydrogen-bond donors (Lipinski definition) is 6. The summed E-state index contributed by atoms with van der Waals surface area (Å²) < 4.78 is 0. The quantitative estimate of drug-likeness (QED) is 0.261. The van der Waals surface area contributed by atoms with Crippen molar-refractivity contribution in [2.24, 2.45) is 0 Å². The SMILES string of the molecule is CC(O)CC=O.O=CC(O)C(O)C(O)C(O)CO. The van der Waals surface area contributed by atoms with Gasteiger partial charge < -0.3 is 40.2 Å². The number of aliphatic hydroxyl groups is 6. The van der Waals surface area contributed by atoms with Gasteiger partial charge in [0.15, 0.2) is 6.29 Å². The van der Waals surface area contributed by atoms with Crippen molar-refractivity contribution in [3.63, 3.8) is 0 Å². The van der Waals surface area contributed by atoms with Crippen LogP contribution in [0.25, 0.3) is 0 Å². The molecule has 8 nitrogen and oxygen atoms in total. The number of aliphatic hydroxyl groups excluding tert-OH is 6. The lowest BCUT2D eigenvalue weighted by Gasteiger charge is -2.22. The van der Waals surface area contributed by atoms with Crippen LogP contribution in [0.2, 0.25) is 0 Å². The Labute approximate surface area is 104 Å². The molecule has 0 aliphatic rings. The minimum Gasteiger partial charge on any atom is -0.394 e. The van der Waals surface area contributed by atoms with E-state index in [1.54, 1.807) is 6.92 Å². The van der Waals surface area contributed by atoms with Gasteiger partial charge in [0.25, 0.3) is 0 Å². The second kappa shape index (κ2) is 11.2. The minimum absolute atomic E-state index is 0.0258. The van der Waals surface area contributed by atoms with Crippen LogP contribution in [0.1, 0.15) is 13.3 Å². The van der Waals surface area contributed by atoms with Gasteiger partial charge in [-0.2, -0.15) is 0 Å². The van der Waals surface area contributed by atoms with Crippen LogP contribution in [0.15, 0.2) is 0 Å². The molecule has 0 bridgehead atoms. The maximum absolute atomic E-state index is 9.90. The molecule has 0 heterocycles. The Morgan fingerprint density at radius 1 is 1.00 bits per heavy atom. The van der Waals surface area contributed by atoms with Gasteiger partial charge in [0, 0.05) is 6.42 Å². The van der Waals surface area contributed by atoms with E-state index in [9.17, 15) is 9.59 Å². The number of aldehydes is 2. The highest BCUT2D eigenvalue weighted by molar-refractivity contribution is 5.56. The molecule has 0 aromatic rings. The zero-order valence-corrected chi connectivity index (χ0v) is 9.96. The molecule has 108 valence electrons. The van der Waals surface area contributed by atoms with E-state index < -0.39 is 37.1 Å². The average Bonchev–Trinajstić information content (AvgIpc) is 2.35. The molecular weight excluding hydrogens is 248 g/mol. The first-order valence-corrected chi connectivity index (χ1v) is 5.21. The Hall–Kier alpha value is -0.900. The Morgan fingerprint density at radius 2 is 1.50 bits per heavy atom. The zero-order chi connectivity index (χ0) is 14.7. The number of carbonyl (C=O) groups excluding carboxylic acids is 2. The van der Waals surface area contributed by atoms with Crippen LogP contribution < -0.4 is 0 Å². The molecule has 0 aromatic heterocycles. The minimum atomic E-state index is -1.79. The molecule has 0 aliphatic carbocycles. The molecule has 0 radical (unpaired) electrons. The Bertz CT molecular complexity index is 220. The molecule has 0 rings (SSSR count). The van der Waals surface area contributed by atoms with E-state index in [1.165, 1.54) is 0 Å². The van der Waals surface area contributed by atoms with Crippen molar-refractivity contribution < 1.29 is 40.2 Å². The fraction of sp³-hybridized carbons (Fsp3) is 0.800. The van der Waals surface area contributed by atoms with Gasteiger partial charge in [-0.1, -0.05) is 0 Å². The highest BCUT2D eigenvalue weighted by atomic mass is 16.4. The number of hydrogen-bond acceptors (Lipinski definition) is 8. The van der Waals surface area contributed by atoms with E-state index in [2.05, 4.69) is 0 Å². The van der Waals surface area contributed by atoms with Crippen molar-refractivity contribution >= 4 is 12.6 Å². The van der Waals surface area contributed by atoms with Crippen molar-refractivity contribution in [2.75, 3.05) is 6.61 Å². The van der Waals surface area contributed by atoms with Gasteiger partial charge >= 0.3 is 0 Å². The maximum atomic E-state index is 9.90. The smallest absolute Gasteiger partial charge is 0.151 e. The van der Waals surface area contributed by atoms with Crippen LogP contribution in [0.3, 0.4) is 0 Å². The molecule has 0 aliphatic heterocycles. The molecule has 0 amide bonds. The van der Waals surface area contributed by atoms with Crippen molar-refractivity contribution in [1.82, 2.24) is 0 Å². The van der Waals surface area contributed by atoms with E-state index in [-0.39, 0.29) is 12.7 Å². The van der Waals surface area contributed by atoms with Crippen molar-refractivity contribution in [3.8, 4) is 0 Å². The second-order valence-electron chi connectivity index (χ2n) is 3.61. The summed E-state index contributed by atoms with van der Waals surface area (Å²) in [5.41, 5.74) is 0. The van der Waals surface area contributed by atoms with Crippen LogP contribution in [0, 0.1) is 0 Å². The van der Waals surface area contributed by atoms with Gasteiger partial charge in [0.2, 0.25) is 0 Å². The van der Waals surface area contributed by atoms with Gasteiger partial charge in [-0.3, -0.25) is 0 Å². The first kappa shape index (κ1) is 19.4. The van der Waals surface area contributed by atoms with Crippen LogP contribution >= 0.6 is 0 Å². The lowest BCUT2D eigenvalue weighted by atomic mass is 10.0. The predicted molar refractivity (Wildman–Crippen MR) is 59.5 cm³/mol. The van der Waals surface area contributed by atoms with Gasteiger partial charge in [0.05, 0.1) is 12.7 Å². The monoisotopic (exact) mass is 268 g/mol. The molecule has 8 heteroatoms. The molecule has 0 spiro atoms. The molecule has 0 saturated carbocycles. The number of carbonyl (C=O) groups is 2. The first-order chi connectivity index (χ1) is 8.31. The molecule has 0 aromatic carbocycles. The van der Waals surface area contributed by atoms with Gasteiger partial charge in [-0.25, -0.2) is 0 Å². The zero-order valence-electron chi connectivity index (χ0n) is 9.96. The van der Waals surface area contributed by atoms with Gasteiger partial charge in [-0.15, -0.1) is 0 Å². The summed E-state index contributed by atoms with van der Waals surface area (Å²) in [5, 5.41) is 51.9. The fourth-order valence-electron chi connectivity index (χ4n) is 0.757. The lowest BCUT2D eigenvalue weighted by molar-refractivity contribution is -0.136. The highest BCUT2D eigenvalue weighted by Crippen LogP contribution is 2.02. The molecule has 5 atom stereocenters. The summed E-state index contributed by atoms with van der Waals surface area (Å²) in [5.74, 6) is 0. The predicted octanol–water partition coefficient (Wildman–Crippen LogP) is -3.42. The van der Waals surface area contributed by atoms with E-state index in [0.29, 0.717) is 6.29 Å². The molecule has 5 unspecified atom stereocenters. The molecule has 18 heavy (non-hydrogen) atoms. The third kappa shape index (κ3) is 9.16. The number of rotatable bonds is 7. The largest absolute Gasteiger partial charge is 0.394 e.